The topological polar surface area (TPSA) is 68.0 Å². The SMILES string of the molecule is CCCn1ncnc1-c1ccc(C)cc1C(=O)O. The number of carboxylic acids is 1. The molecule has 1 aromatic carbocycles. The van der Waals surface area contributed by atoms with E-state index in [2.05, 4.69) is 10.1 Å². The Morgan fingerprint density at radius 1 is 1.44 bits per heavy atom. The second kappa shape index (κ2) is 5.00. The van der Waals surface area contributed by atoms with Crippen LogP contribution in [0.2, 0.25) is 0 Å². The van der Waals surface area contributed by atoms with Crippen molar-refractivity contribution in [2.24, 2.45) is 0 Å². The molecule has 1 heterocycles. The first-order valence-electron chi connectivity index (χ1n) is 5.85. The summed E-state index contributed by atoms with van der Waals surface area (Å²) in [6.45, 7) is 4.63. The average Bonchev–Trinajstić information content (AvgIpc) is 2.77. The Bertz CT molecular complexity index is 575. The van der Waals surface area contributed by atoms with E-state index < -0.39 is 5.97 Å². The minimum atomic E-state index is -0.945. The van der Waals surface area contributed by atoms with Crippen molar-refractivity contribution in [3.63, 3.8) is 0 Å². The molecule has 5 heteroatoms. The van der Waals surface area contributed by atoms with E-state index in [9.17, 15) is 9.90 Å². The maximum atomic E-state index is 11.3. The molecule has 5 nitrogen and oxygen atoms in total. The number of aryl methyl sites for hydroxylation is 2. The maximum Gasteiger partial charge on any atom is 0.336 e. The highest BCUT2D eigenvalue weighted by molar-refractivity contribution is 5.95. The van der Waals surface area contributed by atoms with Crippen LogP contribution in [0.1, 0.15) is 29.3 Å². The van der Waals surface area contributed by atoms with Crippen LogP contribution in [0.5, 0.6) is 0 Å². The summed E-state index contributed by atoms with van der Waals surface area (Å²) < 4.78 is 1.73. The fourth-order valence-electron chi connectivity index (χ4n) is 1.88. The zero-order valence-corrected chi connectivity index (χ0v) is 10.4. The van der Waals surface area contributed by atoms with Gasteiger partial charge >= 0.3 is 5.97 Å². The molecule has 1 N–H and O–H groups in total. The van der Waals surface area contributed by atoms with E-state index in [0.717, 1.165) is 18.5 Å². The van der Waals surface area contributed by atoms with E-state index in [0.29, 0.717) is 11.4 Å². The van der Waals surface area contributed by atoms with E-state index in [-0.39, 0.29) is 5.56 Å². The lowest BCUT2D eigenvalue weighted by Gasteiger charge is -2.08. The smallest absolute Gasteiger partial charge is 0.336 e. The highest BCUT2D eigenvalue weighted by Crippen LogP contribution is 2.23. The molecular formula is C13H15N3O2. The van der Waals surface area contributed by atoms with Gasteiger partial charge in [0.1, 0.15) is 6.33 Å². The zero-order valence-electron chi connectivity index (χ0n) is 10.4. The van der Waals surface area contributed by atoms with Gasteiger partial charge in [0.15, 0.2) is 5.82 Å². The van der Waals surface area contributed by atoms with Gasteiger partial charge in [-0.2, -0.15) is 5.10 Å². The lowest BCUT2D eigenvalue weighted by Crippen LogP contribution is -2.06. The number of carboxylic acid groups (broad SMARTS) is 1. The molecule has 0 bridgehead atoms. The van der Waals surface area contributed by atoms with Crippen LogP contribution >= 0.6 is 0 Å². The molecule has 0 fully saturated rings. The van der Waals surface area contributed by atoms with Gasteiger partial charge in [-0.15, -0.1) is 0 Å². The molecule has 1 aromatic heterocycles. The molecule has 0 unspecified atom stereocenters. The van der Waals surface area contributed by atoms with Crippen molar-refractivity contribution in [2.75, 3.05) is 0 Å². The molecule has 18 heavy (non-hydrogen) atoms. The third-order valence-electron chi connectivity index (χ3n) is 2.70. The molecule has 0 saturated carbocycles. The molecule has 0 atom stereocenters. The van der Waals surface area contributed by atoms with Gasteiger partial charge in [0.05, 0.1) is 5.56 Å². The van der Waals surface area contributed by atoms with Crippen LogP contribution in [0, 0.1) is 6.92 Å². The van der Waals surface area contributed by atoms with Gasteiger partial charge in [-0.05, 0) is 19.4 Å². The first-order valence-corrected chi connectivity index (χ1v) is 5.85. The Labute approximate surface area is 105 Å². The summed E-state index contributed by atoms with van der Waals surface area (Å²) in [4.78, 5) is 15.4. The Hall–Kier alpha value is -2.17. The molecule has 0 aliphatic carbocycles. The van der Waals surface area contributed by atoms with E-state index in [1.165, 1.54) is 6.33 Å². The van der Waals surface area contributed by atoms with Crippen LogP contribution in [-0.4, -0.2) is 25.8 Å². The van der Waals surface area contributed by atoms with Crippen LogP contribution in [0.25, 0.3) is 11.4 Å². The standard InChI is InChI=1S/C13H15N3O2/c1-3-6-16-12(14-8-15-16)10-5-4-9(2)7-11(10)13(17)18/h4-5,7-8H,3,6H2,1-2H3,(H,17,18). The lowest BCUT2D eigenvalue weighted by atomic mass is 10.0. The molecule has 0 aliphatic heterocycles. The quantitative estimate of drug-likeness (QED) is 0.897. The first kappa shape index (κ1) is 12.3. The molecule has 0 aliphatic rings. The van der Waals surface area contributed by atoms with E-state index >= 15 is 0 Å². The number of aromatic nitrogens is 3. The van der Waals surface area contributed by atoms with E-state index in [4.69, 9.17) is 0 Å². The third-order valence-corrected chi connectivity index (χ3v) is 2.70. The maximum absolute atomic E-state index is 11.3. The van der Waals surface area contributed by atoms with Crippen LogP contribution < -0.4 is 0 Å². The number of hydrogen-bond donors (Lipinski definition) is 1. The highest BCUT2D eigenvalue weighted by atomic mass is 16.4. The van der Waals surface area contributed by atoms with Crippen LogP contribution in [-0.2, 0) is 6.54 Å². The van der Waals surface area contributed by atoms with Gasteiger partial charge in [-0.25, -0.2) is 14.5 Å². The van der Waals surface area contributed by atoms with E-state index in [1.807, 2.05) is 19.9 Å². The summed E-state index contributed by atoms with van der Waals surface area (Å²) in [5.41, 5.74) is 1.79. The van der Waals surface area contributed by atoms with Crippen molar-refractivity contribution in [2.45, 2.75) is 26.8 Å². The highest BCUT2D eigenvalue weighted by Gasteiger charge is 2.16. The number of nitrogens with zero attached hydrogens (tertiary/aromatic N) is 3. The fraction of sp³-hybridized carbons (Fsp3) is 0.308. The Kier molecular flexibility index (Phi) is 3.41. The van der Waals surface area contributed by atoms with Crippen molar-refractivity contribution in [1.82, 2.24) is 14.8 Å². The molecule has 0 amide bonds. The minimum absolute atomic E-state index is 0.264. The molecule has 0 radical (unpaired) electrons. The second-order valence-corrected chi connectivity index (χ2v) is 4.16. The number of carbonyl (C=O) groups is 1. The molecule has 0 spiro atoms. The first-order chi connectivity index (χ1) is 8.63. The van der Waals surface area contributed by atoms with E-state index in [1.54, 1.807) is 16.8 Å². The summed E-state index contributed by atoms with van der Waals surface area (Å²) in [5.74, 6) is -0.339. The number of hydrogen-bond acceptors (Lipinski definition) is 3. The van der Waals surface area contributed by atoms with Crippen LogP contribution in [0.15, 0.2) is 24.5 Å². The van der Waals surface area contributed by atoms with Gasteiger partial charge < -0.3 is 5.11 Å². The second-order valence-electron chi connectivity index (χ2n) is 4.16. The molecule has 0 saturated heterocycles. The van der Waals surface area contributed by atoms with Gasteiger partial charge in [0.25, 0.3) is 0 Å². The Balaban J connectivity index is 2.56. The summed E-state index contributed by atoms with van der Waals surface area (Å²) in [6, 6.07) is 5.32. The molecule has 2 rings (SSSR count). The molecule has 94 valence electrons. The zero-order chi connectivity index (χ0) is 13.1. The van der Waals surface area contributed by atoms with Crippen molar-refractivity contribution in [1.29, 1.82) is 0 Å². The summed E-state index contributed by atoms with van der Waals surface area (Å²) in [5, 5.41) is 13.4. The average molecular weight is 245 g/mol. The van der Waals surface area contributed by atoms with Crippen molar-refractivity contribution in [3.8, 4) is 11.4 Å². The Morgan fingerprint density at radius 2 is 2.22 bits per heavy atom. The monoisotopic (exact) mass is 245 g/mol. The van der Waals surface area contributed by atoms with Gasteiger partial charge in [0, 0.05) is 12.1 Å². The Morgan fingerprint density at radius 3 is 2.89 bits per heavy atom. The normalized spacial score (nSPS) is 10.6. The number of benzene rings is 1. The largest absolute Gasteiger partial charge is 0.478 e. The fourth-order valence-corrected chi connectivity index (χ4v) is 1.88. The third kappa shape index (κ3) is 2.25. The molecular weight excluding hydrogens is 230 g/mol. The van der Waals surface area contributed by atoms with Gasteiger partial charge in [-0.1, -0.05) is 24.6 Å². The summed E-state index contributed by atoms with van der Waals surface area (Å²) >= 11 is 0. The number of aromatic carboxylic acids is 1. The summed E-state index contributed by atoms with van der Waals surface area (Å²) in [7, 11) is 0. The van der Waals surface area contributed by atoms with Gasteiger partial charge in [-0.3, -0.25) is 0 Å². The number of rotatable bonds is 4. The van der Waals surface area contributed by atoms with Crippen molar-refractivity contribution >= 4 is 5.97 Å². The molecule has 2 aromatic rings. The predicted octanol–water partition coefficient (Wildman–Crippen LogP) is 2.36. The van der Waals surface area contributed by atoms with Crippen molar-refractivity contribution in [3.05, 3.63) is 35.7 Å². The summed E-state index contributed by atoms with van der Waals surface area (Å²) in [6.07, 6.45) is 2.38. The van der Waals surface area contributed by atoms with Gasteiger partial charge in [0.2, 0.25) is 0 Å². The predicted molar refractivity (Wildman–Crippen MR) is 67.4 cm³/mol. The minimum Gasteiger partial charge on any atom is -0.478 e. The lowest BCUT2D eigenvalue weighted by molar-refractivity contribution is 0.0697. The van der Waals surface area contributed by atoms with Crippen molar-refractivity contribution < 1.29 is 9.90 Å². The van der Waals surface area contributed by atoms with Crippen LogP contribution in [0.3, 0.4) is 0 Å². The van der Waals surface area contributed by atoms with Crippen LogP contribution in [0.4, 0.5) is 0 Å².